The summed E-state index contributed by atoms with van der Waals surface area (Å²) in [5.74, 6) is 1.42. The van der Waals surface area contributed by atoms with Crippen LogP contribution in [0.1, 0.15) is 24.2 Å². The zero-order chi connectivity index (χ0) is 21.3. The number of rotatable bonds is 8. The van der Waals surface area contributed by atoms with Crippen molar-refractivity contribution in [2.45, 2.75) is 24.8 Å². The molecule has 0 radical (unpaired) electrons. The van der Waals surface area contributed by atoms with E-state index in [2.05, 4.69) is 10.6 Å². The summed E-state index contributed by atoms with van der Waals surface area (Å²) in [4.78, 5) is 25.5. The first-order chi connectivity index (χ1) is 14.5. The predicted molar refractivity (Wildman–Crippen MR) is 121 cm³/mol. The fraction of sp³-hybridized carbons (Fsp3) is 0.167. The summed E-state index contributed by atoms with van der Waals surface area (Å²) in [5, 5.41) is 5.75. The number of benzene rings is 3. The van der Waals surface area contributed by atoms with Gasteiger partial charge in [-0.1, -0.05) is 30.3 Å². The third kappa shape index (κ3) is 6.39. The van der Waals surface area contributed by atoms with Crippen molar-refractivity contribution >= 4 is 29.3 Å². The SMILES string of the molecule is CC(C)NC(=O)CSc1ccccc1C(=O)Nc1ccc(Oc2ccccc2)cc1. The lowest BCUT2D eigenvalue weighted by Gasteiger charge is -2.12. The molecule has 6 heteroatoms. The molecule has 0 aliphatic rings. The third-order valence-electron chi connectivity index (χ3n) is 4.03. The van der Waals surface area contributed by atoms with Crippen molar-refractivity contribution in [2.75, 3.05) is 11.1 Å². The molecule has 0 fully saturated rings. The van der Waals surface area contributed by atoms with Gasteiger partial charge in [0.1, 0.15) is 11.5 Å². The second kappa shape index (κ2) is 10.5. The van der Waals surface area contributed by atoms with E-state index < -0.39 is 0 Å². The Kier molecular flexibility index (Phi) is 7.51. The van der Waals surface area contributed by atoms with E-state index >= 15 is 0 Å². The summed E-state index contributed by atoms with van der Waals surface area (Å²) in [5.41, 5.74) is 1.20. The molecule has 0 atom stereocenters. The van der Waals surface area contributed by atoms with E-state index in [4.69, 9.17) is 4.74 Å². The van der Waals surface area contributed by atoms with Gasteiger partial charge in [-0.25, -0.2) is 0 Å². The molecule has 0 aliphatic heterocycles. The van der Waals surface area contributed by atoms with E-state index in [9.17, 15) is 9.59 Å². The minimum Gasteiger partial charge on any atom is -0.457 e. The van der Waals surface area contributed by atoms with E-state index in [1.165, 1.54) is 11.8 Å². The van der Waals surface area contributed by atoms with Gasteiger partial charge in [0, 0.05) is 16.6 Å². The molecule has 3 aromatic carbocycles. The molecule has 3 rings (SSSR count). The Morgan fingerprint density at radius 2 is 1.50 bits per heavy atom. The molecule has 0 aromatic heterocycles. The molecule has 0 spiro atoms. The van der Waals surface area contributed by atoms with Crippen LogP contribution in [0.5, 0.6) is 11.5 Å². The highest BCUT2D eigenvalue weighted by atomic mass is 32.2. The Balaban J connectivity index is 1.62. The van der Waals surface area contributed by atoms with Crippen molar-refractivity contribution in [1.82, 2.24) is 5.32 Å². The molecule has 2 N–H and O–H groups in total. The van der Waals surface area contributed by atoms with Gasteiger partial charge in [0.05, 0.1) is 11.3 Å². The molecule has 0 heterocycles. The number of anilines is 1. The number of carbonyl (C=O) groups excluding carboxylic acids is 2. The Hall–Kier alpha value is -3.25. The lowest BCUT2D eigenvalue weighted by atomic mass is 10.2. The maximum absolute atomic E-state index is 12.8. The van der Waals surface area contributed by atoms with Gasteiger partial charge in [-0.2, -0.15) is 0 Å². The zero-order valence-corrected chi connectivity index (χ0v) is 17.7. The summed E-state index contributed by atoms with van der Waals surface area (Å²) in [6.07, 6.45) is 0. The number of hydrogen-bond donors (Lipinski definition) is 2. The molecule has 5 nitrogen and oxygen atoms in total. The van der Waals surface area contributed by atoms with Crippen molar-refractivity contribution in [3.63, 3.8) is 0 Å². The third-order valence-corrected chi connectivity index (χ3v) is 5.10. The number of amides is 2. The van der Waals surface area contributed by atoms with Crippen LogP contribution in [0.4, 0.5) is 5.69 Å². The van der Waals surface area contributed by atoms with Crippen molar-refractivity contribution in [3.8, 4) is 11.5 Å². The van der Waals surface area contributed by atoms with E-state index in [-0.39, 0.29) is 23.6 Å². The zero-order valence-electron chi connectivity index (χ0n) is 16.9. The van der Waals surface area contributed by atoms with Crippen molar-refractivity contribution < 1.29 is 14.3 Å². The van der Waals surface area contributed by atoms with Gasteiger partial charge < -0.3 is 15.4 Å². The van der Waals surface area contributed by atoms with Crippen LogP contribution in [-0.4, -0.2) is 23.6 Å². The van der Waals surface area contributed by atoms with Crippen LogP contribution in [0.2, 0.25) is 0 Å². The van der Waals surface area contributed by atoms with Gasteiger partial charge >= 0.3 is 0 Å². The molecule has 0 bridgehead atoms. The lowest BCUT2D eigenvalue weighted by Crippen LogP contribution is -2.31. The molecule has 3 aromatic rings. The Labute approximate surface area is 180 Å². The van der Waals surface area contributed by atoms with Crippen LogP contribution in [0, 0.1) is 0 Å². The average molecular weight is 421 g/mol. The molecule has 0 aliphatic carbocycles. The summed E-state index contributed by atoms with van der Waals surface area (Å²) < 4.78 is 5.77. The van der Waals surface area contributed by atoms with Gasteiger partial charge in [0.25, 0.3) is 5.91 Å². The largest absolute Gasteiger partial charge is 0.457 e. The molecule has 0 unspecified atom stereocenters. The number of carbonyl (C=O) groups is 2. The van der Waals surface area contributed by atoms with E-state index in [0.29, 0.717) is 17.0 Å². The maximum atomic E-state index is 12.8. The molecule has 30 heavy (non-hydrogen) atoms. The smallest absolute Gasteiger partial charge is 0.256 e. The second-order valence-corrected chi connectivity index (χ2v) is 7.92. The van der Waals surface area contributed by atoms with Crippen LogP contribution in [0.15, 0.2) is 83.8 Å². The topological polar surface area (TPSA) is 67.4 Å². The van der Waals surface area contributed by atoms with Crippen LogP contribution in [-0.2, 0) is 4.79 Å². The van der Waals surface area contributed by atoms with Gasteiger partial charge in [0.15, 0.2) is 0 Å². The number of ether oxygens (including phenoxy) is 1. The van der Waals surface area contributed by atoms with E-state index in [1.54, 1.807) is 30.3 Å². The number of hydrogen-bond acceptors (Lipinski definition) is 4. The molecular weight excluding hydrogens is 396 g/mol. The van der Waals surface area contributed by atoms with Gasteiger partial charge in [-0.05, 0) is 62.4 Å². The van der Waals surface area contributed by atoms with Gasteiger partial charge in [0.2, 0.25) is 5.91 Å². The van der Waals surface area contributed by atoms with Gasteiger partial charge in [-0.15, -0.1) is 11.8 Å². The molecule has 0 saturated carbocycles. The monoisotopic (exact) mass is 420 g/mol. The standard InChI is InChI=1S/C24H24N2O3S/c1-17(2)25-23(27)16-30-22-11-7-6-10-21(22)24(28)26-18-12-14-20(15-13-18)29-19-8-4-3-5-9-19/h3-15,17H,16H2,1-2H3,(H,25,27)(H,26,28). The lowest BCUT2D eigenvalue weighted by molar-refractivity contribution is -0.119. The summed E-state index contributed by atoms with van der Waals surface area (Å²) >= 11 is 1.35. The van der Waals surface area contributed by atoms with E-state index in [1.807, 2.05) is 62.4 Å². The highest BCUT2D eigenvalue weighted by Gasteiger charge is 2.13. The van der Waals surface area contributed by atoms with Gasteiger partial charge in [-0.3, -0.25) is 9.59 Å². The molecule has 2 amide bonds. The highest BCUT2D eigenvalue weighted by Crippen LogP contribution is 2.25. The van der Waals surface area contributed by atoms with E-state index in [0.717, 1.165) is 10.6 Å². The Bertz CT molecular complexity index is 989. The fourth-order valence-corrected chi connectivity index (χ4v) is 3.58. The fourth-order valence-electron chi connectivity index (χ4n) is 2.72. The first kappa shape index (κ1) is 21.5. The van der Waals surface area contributed by atoms with Crippen LogP contribution >= 0.6 is 11.8 Å². The normalized spacial score (nSPS) is 10.5. The first-order valence-electron chi connectivity index (χ1n) is 9.67. The summed E-state index contributed by atoms with van der Waals surface area (Å²) in [6, 6.07) is 24.1. The second-order valence-electron chi connectivity index (χ2n) is 6.90. The van der Waals surface area contributed by atoms with Crippen molar-refractivity contribution in [3.05, 3.63) is 84.4 Å². The maximum Gasteiger partial charge on any atom is 0.256 e. The van der Waals surface area contributed by atoms with Crippen LogP contribution in [0.3, 0.4) is 0 Å². The quantitative estimate of drug-likeness (QED) is 0.482. The Morgan fingerprint density at radius 1 is 0.867 bits per heavy atom. The highest BCUT2D eigenvalue weighted by molar-refractivity contribution is 8.00. The summed E-state index contributed by atoms with van der Waals surface area (Å²) in [6.45, 7) is 3.83. The first-order valence-corrected chi connectivity index (χ1v) is 10.7. The van der Waals surface area contributed by atoms with Crippen LogP contribution in [0.25, 0.3) is 0 Å². The number of nitrogens with one attached hydrogen (secondary N) is 2. The van der Waals surface area contributed by atoms with Crippen molar-refractivity contribution in [2.24, 2.45) is 0 Å². The minimum absolute atomic E-state index is 0.0563. The number of thioether (sulfide) groups is 1. The van der Waals surface area contributed by atoms with Crippen LogP contribution < -0.4 is 15.4 Å². The predicted octanol–water partition coefficient (Wildman–Crippen LogP) is 5.35. The molecule has 0 saturated heterocycles. The summed E-state index contributed by atoms with van der Waals surface area (Å²) in [7, 11) is 0. The average Bonchev–Trinajstić information content (AvgIpc) is 2.74. The minimum atomic E-state index is -0.223. The Morgan fingerprint density at radius 3 is 2.20 bits per heavy atom. The molecular formula is C24H24N2O3S. The number of para-hydroxylation sites is 1. The van der Waals surface area contributed by atoms with Crippen molar-refractivity contribution in [1.29, 1.82) is 0 Å². The molecule has 154 valence electrons.